The van der Waals surface area contributed by atoms with Gasteiger partial charge in [0, 0.05) is 12.2 Å². The molecule has 0 saturated carbocycles. The van der Waals surface area contributed by atoms with Gasteiger partial charge < -0.3 is 15.4 Å². The summed E-state index contributed by atoms with van der Waals surface area (Å²) in [6.07, 6.45) is 2.30. The summed E-state index contributed by atoms with van der Waals surface area (Å²) in [5.41, 5.74) is 6.45. The lowest BCUT2D eigenvalue weighted by atomic mass is 10.2. The SMILES string of the molecule is CCCCN(C)CCOC(=O)c1ccc(N)cc1Cl. The zero-order valence-electron chi connectivity index (χ0n) is 11.5. The first kappa shape index (κ1) is 15.8. The van der Waals surface area contributed by atoms with E-state index in [0.29, 0.717) is 22.9 Å². The van der Waals surface area contributed by atoms with E-state index in [0.717, 1.165) is 25.9 Å². The Bertz CT molecular complexity index is 424. The Morgan fingerprint density at radius 2 is 2.16 bits per heavy atom. The number of nitrogens with zero attached hydrogens (tertiary/aromatic N) is 1. The zero-order valence-corrected chi connectivity index (χ0v) is 12.2. The van der Waals surface area contributed by atoms with Crippen LogP contribution in [-0.4, -0.2) is 37.6 Å². The summed E-state index contributed by atoms with van der Waals surface area (Å²) in [4.78, 5) is 13.9. The van der Waals surface area contributed by atoms with Gasteiger partial charge in [-0.3, -0.25) is 0 Å². The zero-order chi connectivity index (χ0) is 14.3. The first-order valence-corrected chi connectivity index (χ1v) is 6.83. The molecule has 0 aliphatic carbocycles. The molecule has 0 bridgehead atoms. The van der Waals surface area contributed by atoms with Crippen molar-refractivity contribution in [3.05, 3.63) is 28.8 Å². The second-order valence-electron chi connectivity index (χ2n) is 4.53. The standard InChI is InChI=1S/C14H21ClN2O2/c1-3-4-7-17(2)8-9-19-14(18)12-6-5-11(16)10-13(12)15/h5-6,10H,3-4,7-9,16H2,1-2H3. The fourth-order valence-corrected chi connectivity index (χ4v) is 1.87. The quantitative estimate of drug-likeness (QED) is 0.618. The second-order valence-corrected chi connectivity index (χ2v) is 4.94. The monoisotopic (exact) mass is 284 g/mol. The van der Waals surface area contributed by atoms with E-state index in [-0.39, 0.29) is 0 Å². The van der Waals surface area contributed by atoms with Gasteiger partial charge in [0.05, 0.1) is 10.6 Å². The van der Waals surface area contributed by atoms with Crippen LogP contribution >= 0.6 is 11.6 Å². The van der Waals surface area contributed by atoms with Gasteiger partial charge in [0.2, 0.25) is 0 Å². The van der Waals surface area contributed by atoms with Crippen LogP contribution in [0.1, 0.15) is 30.1 Å². The molecule has 0 atom stereocenters. The van der Waals surface area contributed by atoms with E-state index in [4.69, 9.17) is 22.1 Å². The lowest BCUT2D eigenvalue weighted by Gasteiger charge is -2.16. The molecule has 4 nitrogen and oxygen atoms in total. The Morgan fingerprint density at radius 3 is 2.79 bits per heavy atom. The number of nitrogens with two attached hydrogens (primary N) is 1. The molecule has 0 saturated heterocycles. The smallest absolute Gasteiger partial charge is 0.339 e. The molecule has 0 fully saturated rings. The summed E-state index contributed by atoms with van der Waals surface area (Å²) in [6.45, 7) is 4.24. The lowest BCUT2D eigenvalue weighted by molar-refractivity contribution is 0.0473. The normalized spacial score (nSPS) is 10.7. The summed E-state index contributed by atoms with van der Waals surface area (Å²) in [5.74, 6) is -0.408. The van der Waals surface area contributed by atoms with Crippen molar-refractivity contribution in [1.82, 2.24) is 4.90 Å². The molecule has 0 aromatic heterocycles. The van der Waals surface area contributed by atoms with Crippen molar-refractivity contribution in [1.29, 1.82) is 0 Å². The van der Waals surface area contributed by atoms with Crippen molar-refractivity contribution < 1.29 is 9.53 Å². The Labute approximate surface area is 119 Å². The highest BCUT2D eigenvalue weighted by molar-refractivity contribution is 6.33. The number of ether oxygens (including phenoxy) is 1. The van der Waals surface area contributed by atoms with E-state index in [1.807, 2.05) is 7.05 Å². The molecular formula is C14H21ClN2O2. The summed E-state index contributed by atoms with van der Waals surface area (Å²) in [5, 5.41) is 0.323. The van der Waals surface area contributed by atoms with E-state index in [2.05, 4.69) is 11.8 Å². The number of nitrogen functional groups attached to an aromatic ring is 1. The number of benzene rings is 1. The number of carbonyl (C=O) groups excluding carboxylic acids is 1. The summed E-state index contributed by atoms with van der Waals surface area (Å²) in [7, 11) is 2.01. The van der Waals surface area contributed by atoms with Crippen LogP contribution in [0, 0.1) is 0 Å². The van der Waals surface area contributed by atoms with Crippen LogP contribution in [0.5, 0.6) is 0 Å². The van der Waals surface area contributed by atoms with Gasteiger partial charge in [-0.15, -0.1) is 0 Å². The molecule has 0 aliphatic rings. The maximum Gasteiger partial charge on any atom is 0.339 e. The van der Waals surface area contributed by atoms with Crippen LogP contribution in [0.3, 0.4) is 0 Å². The van der Waals surface area contributed by atoms with Gasteiger partial charge in [0.1, 0.15) is 6.61 Å². The van der Waals surface area contributed by atoms with Crippen molar-refractivity contribution >= 4 is 23.3 Å². The van der Waals surface area contributed by atoms with Gasteiger partial charge in [-0.25, -0.2) is 4.79 Å². The van der Waals surface area contributed by atoms with E-state index >= 15 is 0 Å². The Balaban J connectivity index is 2.39. The number of halogens is 1. The number of likely N-dealkylation sites (N-methyl/N-ethyl adjacent to an activating group) is 1. The van der Waals surface area contributed by atoms with Gasteiger partial charge in [-0.05, 0) is 38.2 Å². The third-order valence-electron chi connectivity index (χ3n) is 2.81. The van der Waals surface area contributed by atoms with Crippen LogP contribution in [0.15, 0.2) is 18.2 Å². The molecule has 0 unspecified atom stereocenters. The van der Waals surface area contributed by atoms with Crippen molar-refractivity contribution in [2.24, 2.45) is 0 Å². The second kappa shape index (κ2) is 8.02. The van der Waals surface area contributed by atoms with Gasteiger partial charge in [-0.1, -0.05) is 24.9 Å². The maximum absolute atomic E-state index is 11.8. The van der Waals surface area contributed by atoms with E-state index in [1.54, 1.807) is 18.2 Å². The molecule has 0 aliphatic heterocycles. The summed E-state index contributed by atoms with van der Waals surface area (Å²) in [6, 6.07) is 4.77. The Hall–Kier alpha value is -1.26. The van der Waals surface area contributed by atoms with Crippen LogP contribution in [0.25, 0.3) is 0 Å². The molecule has 0 spiro atoms. The minimum absolute atomic E-state index is 0.323. The van der Waals surface area contributed by atoms with E-state index < -0.39 is 5.97 Å². The van der Waals surface area contributed by atoms with Gasteiger partial charge >= 0.3 is 5.97 Å². The number of esters is 1. The number of carbonyl (C=O) groups is 1. The molecular weight excluding hydrogens is 264 g/mol. The van der Waals surface area contributed by atoms with Crippen molar-refractivity contribution in [2.75, 3.05) is 32.5 Å². The number of hydrogen-bond acceptors (Lipinski definition) is 4. The molecule has 0 radical (unpaired) electrons. The highest BCUT2D eigenvalue weighted by atomic mass is 35.5. The molecule has 106 valence electrons. The largest absolute Gasteiger partial charge is 0.461 e. The van der Waals surface area contributed by atoms with Crippen LogP contribution in [0.2, 0.25) is 5.02 Å². The Morgan fingerprint density at radius 1 is 1.42 bits per heavy atom. The predicted octanol–water partition coefficient (Wildman–Crippen LogP) is 2.81. The van der Waals surface area contributed by atoms with Gasteiger partial charge in [-0.2, -0.15) is 0 Å². The number of hydrogen-bond donors (Lipinski definition) is 1. The fraction of sp³-hybridized carbons (Fsp3) is 0.500. The highest BCUT2D eigenvalue weighted by Crippen LogP contribution is 2.19. The molecule has 1 aromatic rings. The molecule has 2 N–H and O–H groups in total. The van der Waals surface area contributed by atoms with E-state index in [1.165, 1.54) is 0 Å². The van der Waals surface area contributed by atoms with Crippen LogP contribution in [0.4, 0.5) is 5.69 Å². The third-order valence-corrected chi connectivity index (χ3v) is 3.13. The minimum atomic E-state index is -0.408. The van der Waals surface area contributed by atoms with E-state index in [9.17, 15) is 4.79 Å². The maximum atomic E-state index is 11.8. The summed E-state index contributed by atoms with van der Waals surface area (Å²) >= 11 is 5.94. The summed E-state index contributed by atoms with van der Waals surface area (Å²) < 4.78 is 5.19. The van der Waals surface area contributed by atoms with Gasteiger partial charge in [0.15, 0.2) is 0 Å². The Kier molecular flexibility index (Phi) is 6.67. The number of rotatable bonds is 7. The van der Waals surface area contributed by atoms with Crippen molar-refractivity contribution in [3.63, 3.8) is 0 Å². The molecule has 19 heavy (non-hydrogen) atoms. The average Bonchev–Trinajstić information content (AvgIpc) is 2.36. The molecule has 0 amide bonds. The topological polar surface area (TPSA) is 55.6 Å². The van der Waals surface area contributed by atoms with Gasteiger partial charge in [0.25, 0.3) is 0 Å². The number of unbranched alkanes of at least 4 members (excludes halogenated alkanes) is 1. The minimum Gasteiger partial charge on any atom is -0.461 e. The van der Waals surface area contributed by atoms with Crippen molar-refractivity contribution in [2.45, 2.75) is 19.8 Å². The predicted molar refractivity (Wildman–Crippen MR) is 78.6 cm³/mol. The third kappa shape index (κ3) is 5.49. The van der Waals surface area contributed by atoms with Crippen molar-refractivity contribution in [3.8, 4) is 0 Å². The lowest BCUT2D eigenvalue weighted by Crippen LogP contribution is -2.25. The molecule has 0 heterocycles. The highest BCUT2D eigenvalue weighted by Gasteiger charge is 2.12. The average molecular weight is 285 g/mol. The number of anilines is 1. The first-order chi connectivity index (χ1) is 9.04. The molecule has 5 heteroatoms. The molecule has 1 aromatic carbocycles. The fourth-order valence-electron chi connectivity index (χ4n) is 1.61. The van der Waals surface area contributed by atoms with Crippen LogP contribution in [-0.2, 0) is 4.74 Å². The molecule has 1 rings (SSSR count). The van der Waals surface area contributed by atoms with Crippen LogP contribution < -0.4 is 5.73 Å². The first-order valence-electron chi connectivity index (χ1n) is 6.45.